The average Bonchev–Trinajstić information content (AvgIpc) is 2.51. The lowest BCUT2D eigenvalue weighted by molar-refractivity contribution is 0.497. The molecule has 0 atom stereocenters. The van der Waals surface area contributed by atoms with Crippen molar-refractivity contribution in [1.29, 1.82) is 0 Å². The van der Waals surface area contributed by atoms with Crippen LogP contribution in [0.2, 0.25) is 0 Å². The largest absolute Gasteiger partial charge is 0.355 e. The number of aryl methyl sites for hydroxylation is 2. The molecule has 2 heterocycles. The molecule has 1 saturated heterocycles. The molecule has 0 amide bonds. The van der Waals surface area contributed by atoms with E-state index in [-0.39, 0.29) is 0 Å². The molecule has 0 bridgehead atoms. The van der Waals surface area contributed by atoms with E-state index in [2.05, 4.69) is 59.3 Å². The molecule has 4 heteroatoms. The molecule has 21 heavy (non-hydrogen) atoms. The summed E-state index contributed by atoms with van der Waals surface area (Å²) in [5.74, 6) is 0.955. The Labute approximate surface area is 126 Å². The summed E-state index contributed by atoms with van der Waals surface area (Å²) in [5.41, 5.74) is 10.5. The number of anilines is 1. The minimum absolute atomic E-state index is 0.337. The molecule has 0 unspecified atom stereocenters. The third-order valence-electron chi connectivity index (χ3n) is 4.18. The van der Waals surface area contributed by atoms with Crippen LogP contribution >= 0.6 is 0 Å². The second-order valence-corrected chi connectivity index (χ2v) is 5.92. The van der Waals surface area contributed by atoms with Crippen molar-refractivity contribution in [2.24, 2.45) is 5.73 Å². The third kappa shape index (κ3) is 3.05. The number of benzene rings is 1. The van der Waals surface area contributed by atoms with Gasteiger partial charge in [0.25, 0.3) is 0 Å². The Morgan fingerprint density at radius 3 is 2.48 bits per heavy atom. The number of hydrogen-bond acceptors (Lipinski definition) is 4. The maximum Gasteiger partial charge on any atom is 0.151 e. The first-order valence-electron chi connectivity index (χ1n) is 7.55. The summed E-state index contributed by atoms with van der Waals surface area (Å²) in [6.07, 6.45) is 2.06. The van der Waals surface area contributed by atoms with Gasteiger partial charge in [-0.05, 0) is 50.5 Å². The Kier molecular flexibility index (Phi) is 3.88. The van der Waals surface area contributed by atoms with E-state index in [1.54, 1.807) is 0 Å². The zero-order valence-corrected chi connectivity index (χ0v) is 12.7. The molecule has 4 nitrogen and oxygen atoms in total. The zero-order valence-electron chi connectivity index (χ0n) is 12.7. The van der Waals surface area contributed by atoms with Crippen LogP contribution in [0.5, 0.6) is 0 Å². The Balaban J connectivity index is 1.82. The molecule has 1 fully saturated rings. The molecule has 1 aliphatic heterocycles. The van der Waals surface area contributed by atoms with Crippen molar-refractivity contribution < 1.29 is 0 Å². The summed E-state index contributed by atoms with van der Waals surface area (Å²) in [5, 5.41) is 8.83. The van der Waals surface area contributed by atoms with E-state index in [0.29, 0.717) is 6.04 Å². The van der Waals surface area contributed by atoms with Gasteiger partial charge in [0.1, 0.15) is 0 Å². The maximum absolute atomic E-state index is 5.94. The van der Waals surface area contributed by atoms with Crippen molar-refractivity contribution in [1.82, 2.24) is 10.2 Å². The summed E-state index contributed by atoms with van der Waals surface area (Å²) in [6.45, 7) is 6.15. The molecule has 2 N–H and O–H groups in total. The van der Waals surface area contributed by atoms with Gasteiger partial charge in [0, 0.05) is 24.7 Å². The number of aromatic nitrogens is 2. The fourth-order valence-corrected chi connectivity index (χ4v) is 2.78. The Hall–Kier alpha value is -1.94. The molecule has 2 aromatic rings. The molecule has 0 spiro atoms. The van der Waals surface area contributed by atoms with Crippen molar-refractivity contribution in [3.63, 3.8) is 0 Å². The van der Waals surface area contributed by atoms with Crippen molar-refractivity contribution in [2.75, 3.05) is 18.0 Å². The number of hydrogen-bond donors (Lipinski definition) is 1. The molecule has 0 saturated carbocycles. The molecule has 1 aromatic carbocycles. The lowest BCUT2D eigenvalue weighted by Gasteiger charge is -2.30. The van der Waals surface area contributed by atoms with Crippen LogP contribution < -0.4 is 10.6 Å². The fraction of sp³-hybridized carbons (Fsp3) is 0.412. The van der Waals surface area contributed by atoms with Gasteiger partial charge in [-0.1, -0.05) is 17.7 Å². The SMILES string of the molecule is Cc1ccc(C)c(-c2ccc(N3CCC(N)CC3)nn2)c1. The van der Waals surface area contributed by atoms with Crippen molar-refractivity contribution >= 4 is 5.82 Å². The van der Waals surface area contributed by atoms with Crippen LogP contribution in [0.15, 0.2) is 30.3 Å². The quantitative estimate of drug-likeness (QED) is 0.920. The van der Waals surface area contributed by atoms with Crippen molar-refractivity contribution in [2.45, 2.75) is 32.7 Å². The van der Waals surface area contributed by atoms with Gasteiger partial charge in [-0.25, -0.2) is 0 Å². The van der Waals surface area contributed by atoms with Gasteiger partial charge in [-0.2, -0.15) is 0 Å². The van der Waals surface area contributed by atoms with E-state index < -0.39 is 0 Å². The summed E-state index contributed by atoms with van der Waals surface area (Å²) in [4.78, 5) is 2.27. The van der Waals surface area contributed by atoms with Crippen LogP contribution in [0.3, 0.4) is 0 Å². The average molecular weight is 282 g/mol. The lowest BCUT2D eigenvalue weighted by atomic mass is 10.0. The van der Waals surface area contributed by atoms with Gasteiger partial charge in [0.2, 0.25) is 0 Å². The molecule has 0 radical (unpaired) electrons. The van der Waals surface area contributed by atoms with Crippen LogP contribution in [-0.4, -0.2) is 29.3 Å². The first kappa shape index (κ1) is 14.0. The van der Waals surface area contributed by atoms with Crippen LogP contribution in [-0.2, 0) is 0 Å². The first-order chi connectivity index (χ1) is 10.1. The lowest BCUT2D eigenvalue weighted by Crippen LogP contribution is -2.40. The van der Waals surface area contributed by atoms with E-state index >= 15 is 0 Å². The smallest absolute Gasteiger partial charge is 0.151 e. The topological polar surface area (TPSA) is 55.0 Å². The normalized spacial score (nSPS) is 16.2. The highest BCUT2D eigenvalue weighted by Gasteiger charge is 2.17. The van der Waals surface area contributed by atoms with Crippen molar-refractivity contribution in [3.05, 3.63) is 41.5 Å². The van der Waals surface area contributed by atoms with Crippen molar-refractivity contribution in [3.8, 4) is 11.3 Å². The van der Waals surface area contributed by atoms with Gasteiger partial charge in [-0.3, -0.25) is 0 Å². The number of rotatable bonds is 2. The van der Waals surface area contributed by atoms with Crippen LogP contribution in [0.1, 0.15) is 24.0 Å². The Morgan fingerprint density at radius 1 is 1.05 bits per heavy atom. The number of piperidine rings is 1. The first-order valence-corrected chi connectivity index (χ1v) is 7.55. The summed E-state index contributed by atoms with van der Waals surface area (Å²) in [7, 11) is 0. The minimum atomic E-state index is 0.337. The highest BCUT2D eigenvalue weighted by atomic mass is 15.3. The molecule has 110 valence electrons. The van der Waals surface area contributed by atoms with Gasteiger partial charge in [-0.15, -0.1) is 10.2 Å². The van der Waals surface area contributed by atoms with Crippen LogP contribution in [0.25, 0.3) is 11.3 Å². The van der Waals surface area contributed by atoms with Gasteiger partial charge < -0.3 is 10.6 Å². The summed E-state index contributed by atoms with van der Waals surface area (Å²) in [6, 6.07) is 10.9. The monoisotopic (exact) mass is 282 g/mol. The van der Waals surface area contributed by atoms with E-state index in [1.807, 2.05) is 0 Å². The fourth-order valence-electron chi connectivity index (χ4n) is 2.78. The second kappa shape index (κ2) is 5.82. The standard InChI is InChI=1S/C17H22N4/c1-12-3-4-13(2)15(11-12)16-5-6-17(20-19-16)21-9-7-14(18)8-10-21/h3-6,11,14H,7-10,18H2,1-2H3. The number of nitrogens with zero attached hydrogens (tertiary/aromatic N) is 3. The Bertz CT molecular complexity index is 613. The molecule has 0 aliphatic carbocycles. The van der Waals surface area contributed by atoms with E-state index in [4.69, 9.17) is 5.73 Å². The molecular weight excluding hydrogens is 260 g/mol. The number of nitrogens with two attached hydrogens (primary N) is 1. The summed E-state index contributed by atoms with van der Waals surface area (Å²) < 4.78 is 0. The maximum atomic E-state index is 5.94. The van der Waals surface area contributed by atoms with Crippen LogP contribution in [0, 0.1) is 13.8 Å². The highest BCUT2D eigenvalue weighted by molar-refractivity contribution is 5.64. The third-order valence-corrected chi connectivity index (χ3v) is 4.18. The predicted octanol–water partition coefficient (Wildman–Crippen LogP) is 2.69. The van der Waals surface area contributed by atoms with Gasteiger partial charge in [0.05, 0.1) is 5.69 Å². The molecular formula is C17H22N4. The Morgan fingerprint density at radius 2 is 1.81 bits per heavy atom. The molecule has 1 aliphatic rings. The predicted molar refractivity (Wildman–Crippen MR) is 86.4 cm³/mol. The summed E-state index contributed by atoms with van der Waals surface area (Å²) >= 11 is 0. The second-order valence-electron chi connectivity index (χ2n) is 5.92. The van der Waals surface area contributed by atoms with Gasteiger partial charge >= 0.3 is 0 Å². The van der Waals surface area contributed by atoms with E-state index in [0.717, 1.165) is 43.0 Å². The minimum Gasteiger partial charge on any atom is -0.355 e. The van der Waals surface area contributed by atoms with Gasteiger partial charge in [0.15, 0.2) is 5.82 Å². The van der Waals surface area contributed by atoms with E-state index in [9.17, 15) is 0 Å². The zero-order chi connectivity index (χ0) is 14.8. The van der Waals surface area contributed by atoms with Crippen LogP contribution in [0.4, 0.5) is 5.82 Å². The highest BCUT2D eigenvalue weighted by Crippen LogP contribution is 2.24. The van der Waals surface area contributed by atoms with E-state index in [1.165, 1.54) is 11.1 Å². The molecule has 1 aromatic heterocycles. The molecule has 3 rings (SSSR count).